The molecule has 0 bridgehead atoms. The number of rotatable bonds is 4. The SMILES string of the molecule is CN(C)c1cc(-c2ccccc2F)n(S(=O)(=O)c2cccc(C#CC3CC3)c2)c1. The summed E-state index contributed by atoms with van der Waals surface area (Å²) < 4.78 is 42.5. The minimum absolute atomic E-state index is 0.124. The molecular weight excluding hydrogens is 387 g/mol. The van der Waals surface area contributed by atoms with Crippen molar-refractivity contribution >= 4 is 15.7 Å². The van der Waals surface area contributed by atoms with Crippen molar-refractivity contribution in [1.82, 2.24) is 3.97 Å². The zero-order chi connectivity index (χ0) is 20.6. The summed E-state index contributed by atoms with van der Waals surface area (Å²) in [7, 11) is -0.315. The van der Waals surface area contributed by atoms with Crippen LogP contribution < -0.4 is 4.90 Å². The van der Waals surface area contributed by atoms with Crippen molar-refractivity contribution in [3.8, 4) is 23.1 Å². The largest absolute Gasteiger partial charge is 0.376 e. The van der Waals surface area contributed by atoms with E-state index in [1.165, 1.54) is 18.3 Å². The van der Waals surface area contributed by atoms with E-state index in [4.69, 9.17) is 0 Å². The van der Waals surface area contributed by atoms with Crippen LogP contribution >= 0.6 is 0 Å². The zero-order valence-electron chi connectivity index (χ0n) is 16.3. The average molecular weight is 408 g/mol. The molecule has 6 heteroatoms. The highest BCUT2D eigenvalue weighted by molar-refractivity contribution is 7.90. The average Bonchev–Trinajstić information content (AvgIpc) is 3.42. The smallest absolute Gasteiger partial charge is 0.268 e. The van der Waals surface area contributed by atoms with Gasteiger partial charge in [-0.25, -0.2) is 16.8 Å². The van der Waals surface area contributed by atoms with E-state index >= 15 is 0 Å². The van der Waals surface area contributed by atoms with E-state index in [9.17, 15) is 12.8 Å². The lowest BCUT2D eigenvalue weighted by Gasteiger charge is -2.11. The number of hydrogen-bond acceptors (Lipinski definition) is 3. The Kier molecular flexibility index (Phi) is 4.93. The molecular formula is C23H21FN2O2S. The molecule has 1 aliphatic carbocycles. The van der Waals surface area contributed by atoms with Gasteiger partial charge in [0.25, 0.3) is 10.0 Å². The highest BCUT2D eigenvalue weighted by atomic mass is 32.2. The van der Waals surface area contributed by atoms with Crippen LogP contribution in [0, 0.1) is 23.6 Å². The lowest BCUT2D eigenvalue weighted by molar-refractivity contribution is 0.587. The molecule has 0 aliphatic heterocycles. The molecule has 3 aromatic rings. The predicted molar refractivity (Wildman–Crippen MR) is 113 cm³/mol. The molecule has 0 radical (unpaired) electrons. The molecule has 1 heterocycles. The van der Waals surface area contributed by atoms with Gasteiger partial charge in [0.1, 0.15) is 5.82 Å². The van der Waals surface area contributed by atoms with Crippen LogP contribution in [0.1, 0.15) is 18.4 Å². The topological polar surface area (TPSA) is 42.3 Å². The lowest BCUT2D eigenvalue weighted by atomic mass is 10.1. The quantitative estimate of drug-likeness (QED) is 0.603. The van der Waals surface area contributed by atoms with Crippen LogP contribution in [0.5, 0.6) is 0 Å². The molecule has 148 valence electrons. The highest BCUT2D eigenvalue weighted by Gasteiger charge is 2.24. The van der Waals surface area contributed by atoms with Crippen LogP contribution in [0.25, 0.3) is 11.3 Å². The molecule has 1 aliphatic rings. The number of aromatic nitrogens is 1. The van der Waals surface area contributed by atoms with E-state index in [2.05, 4.69) is 11.8 Å². The van der Waals surface area contributed by atoms with Crippen molar-refractivity contribution in [2.75, 3.05) is 19.0 Å². The van der Waals surface area contributed by atoms with Gasteiger partial charge in [-0.2, -0.15) is 0 Å². The summed E-state index contributed by atoms with van der Waals surface area (Å²) in [6, 6.07) is 14.4. The molecule has 4 nitrogen and oxygen atoms in total. The third kappa shape index (κ3) is 3.92. The van der Waals surface area contributed by atoms with Crippen LogP contribution in [-0.2, 0) is 10.0 Å². The number of hydrogen-bond donors (Lipinski definition) is 0. The predicted octanol–water partition coefficient (Wildman–Crippen LogP) is 4.36. The molecule has 0 amide bonds. The second kappa shape index (κ2) is 7.41. The Morgan fingerprint density at radius 2 is 1.83 bits per heavy atom. The molecule has 0 atom stereocenters. The van der Waals surface area contributed by atoms with Gasteiger partial charge >= 0.3 is 0 Å². The second-order valence-corrected chi connectivity index (χ2v) is 9.15. The van der Waals surface area contributed by atoms with Gasteiger partial charge in [-0.3, -0.25) is 0 Å². The van der Waals surface area contributed by atoms with Gasteiger partial charge in [0.05, 0.1) is 16.3 Å². The van der Waals surface area contributed by atoms with Gasteiger partial charge in [-0.05, 0) is 49.2 Å². The maximum absolute atomic E-state index is 14.5. The van der Waals surface area contributed by atoms with Crippen molar-refractivity contribution in [3.63, 3.8) is 0 Å². The third-order valence-electron chi connectivity index (χ3n) is 4.83. The molecule has 29 heavy (non-hydrogen) atoms. The van der Waals surface area contributed by atoms with E-state index in [0.29, 0.717) is 17.2 Å². The molecule has 1 saturated carbocycles. The van der Waals surface area contributed by atoms with Gasteiger partial charge in [-0.1, -0.05) is 30.0 Å². The maximum Gasteiger partial charge on any atom is 0.268 e. The first kappa shape index (κ1) is 19.3. The first-order valence-electron chi connectivity index (χ1n) is 9.38. The van der Waals surface area contributed by atoms with Crippen LogP contribution in [0.15, 0.2) is 65.7 Å². The minimum Gasteiger partial charge on any atom is -0.376 e. The maximum atomic E-state index is 14.5. The Morgan fingerprint density at radius 3 is 2.52 bits per heavy atom. The Bertz CT molecular complexity index is 1230. The summed E-state index contributed by atoms with van der Waals surface area (Å²) in [5.74, 6) is 6.16. The standard InChI is InChI=1S/C23H21FN2O2S/c1-25(2)19-15-23(21-8-3-4-9-22(21)24)26(16-19)29(27,28)20-7-5-6-18(14-20)13-12-17-10-11-17/h3-9,14-17H,10-11H2,1-2H3. The molecule has 1 aromatic heterocycles. The summed E-state index contributed by atoms with van der Waals surface area (Å²) in [5.41, 5.74) is 1.83. The van der Waals surface area contributed by atoms with E-state index in [0.717, 1.165) is 16.8 Å². The van der Waals surface area contributed by atoms with Gasteiger partial charge in [0, 0.05) is 37.3 Å². The highest BCUT2D eigenvalue weighted by Crippen LogP contribution is 2.32. The molecule has 0 spiro atoms. The van der Waals surface area contributed by atoms with Gasteiger partial charge < -0.3 is 4.90 Å². The third-order valence-corrected chi connectivity index (χ3v) is 6.50. The first-order valence-corrected chi connectivity index (χ1v) is 10.8. The van der Waals surface area contributed by atoms with E-state index in [1.807, 2.05) is 14.1 Å². The Balaban J connectivity index is 1.84. The molecule has 1 fully saturated rings. The minimum atomic E-state index is -3.94. The Morgan fingerprint density at radius 1 is 1.07 bits per heavy atom. The van der Waals surface area contributed by atoms with E-state index in [1.54, 1.807) is 47.4 Å². The van der Waals surface area contributed by atoms with E-state index in [-0.39, 0.29) is 16.2 Å². The van der Waals surface area contributed by atoms with Gasteiger partial charge in [0.2, 0.25) is 0 Å². The van der Waals surface area contributed by atoms with Crippen molar-refractivity contribution in [1.29, 1.82) is 0 Å². The molecule has 0 unspecified atom stereocenters. The summed E-state index contributed by atoms with van der Waals surface area (Å²) in [5, 5.41) is 0. The Labute approximate surface area is 170 Å². The fourth-order valence-electron chi connectivity index (χ4n) is 3.00. The van der Waals surface area contributed by atoms with Crippen molar-refractivity contribution < 1.29 is 12.8 Å². The van der Waals surface area contributed by atoms with Gasteiger partial charge in [-0.15, -0.1) is 0 Å². The monoisotopic (exact) mass is 408 g/mol. The zero-order valence-corrected chi connectivity index (χ0v) is 17.1. The molecule has 0 N–H and O–H groups in total. The summed E-state index contributed by atoms with van der Waals surface area (Å²) in [4.78, 5) is 1.91. The summed E-state index contributed by atoms with van der Waals surface area (Å²) in [6.45, 7) is 0. The first-order chi connectivity index (χ1) is 13.9. The summed E-state index contributed by atoms with van der Waals surface area (Å²) >= 11 is 0. The summed E-state index contributed by atoms with van der Waals surface area (Å²) in [6.07, 6.45) is 3.72. The molecule has 4 rings (SSSR count). The van der Waals surface area contributed by atoms with Crippen LogP contribution in [0.2, 0.25) is 0 Å². The van der Waals surface area contributed by atoms with Crippen molar-refractivity contribution in [2.24, 2.45) is 5.92 Å². The lowest BCUT2D eigenvalue weighted by Crippen LogP contribution is -2.14. The number of benzene rings is 2. The normalized spacial score (nSPS) is 13.6. The number of anilines is 1. The number of halogens is 1. The van der Waals surface area contributed by atoms with Crippen LogP contribution in [-0.4, -0.2) is 26.5 Å². The van der Waals surface area contributed by atoms with Crippen LogP contribution in [0.4, 0.5) is 10.1 Å². The van der Waals surface area contributed by atoms with Crippen molar-refractivity contribution in [2.45, 2.75) is 17.7 Å². The molecule has 2 aromatic carbocycles. The van der Waals surface area contributed by atoms with E-state index < -0.39 is 15.8 Å². The van der Waals surface area contributed by atoms with Crippen LogP contribution in [0.3, 0.4) is 0 Å². The second-order valence-electron chi connectivity index (χ2n) is 7.33. The number of nitrogens with zero attached hydrogens (tertiary/aromatic N) is 2. The molecule has 0 saturated heterocycles. The van der Waals surface area contributed by atoms with Crippen molar-refractivity contribution in [3.05, 3.63) is 72.2 Å². The Hall–Kier alpha value is -3.04. The fourth-order valence-corrected chi connectivity index (χ4v) is 4.41. The van der Waals surface area contributed by atoms with Gasteiger partial charge in [0.15, 0.2) is 0 Å². The fraction of sp³-hybridized carbons (Fsp3) is 0.217.